The molecule has 0 spiro atoms. The van der Waals surface area contributed by atoms with E-state index in [1.165, 1.54) is 24.0 Å². The van der Waals surface area contributed by atoms with Gasteiger partial charge in [-0.25, -0.2) is 4.79 Å². The van der Waals surface area contributed by atoms with E-state index in [-0.39, 0.29) is 43.9 Å². The molecule has 0 aliphatic carbocycles. The van der Waals surface area contributed by atoms with Crippen LogP contribution in [0.5, 0.6) is 5.75 Å². The minimum absolute atomic E-state index is 0.00334. The van der Waals surface area contributed by atoms with E-state index >= 15 is 0 Å². The number of aromatic hydroxyl groups is 1. The molecule has 1 aromatic carbocycles. The molecule has 0 saturated carbocycles. The molecule has 1 aromatic rings. The summed E-state index contributed by atoms with van der Waals surface area (Å²) in [6.07, 6.45) is -0.833. The molecule has 18 heteroatoms. The van der Waals surface area contributed by atoms with Crippen molar-refractivity contribution in [3.8, 4) is 5.75 Å². The number of rotatable bonds is 10. The zero-order chi connectivity index (χ0) is 41.7. The molecule has 7 atom stereocenters. The second-order valence-corrected chi connectivity index (χ2v) is 16.1. The molecule has 2 fully saturated rings. The number of phenolic OH excluding ortho intramolecular Hbond substituents is 1. The van der Waals surface area contributed by atoms with Gasteiger partial charge in [0.05, 0.1) is 12.1 Å². The summed E-state index contributed by atoms with van der Waals surface area (Å²) in [7, 11) is 0. The Kier molecular flexibility index (Phi) is 17.0. The van der Waals surface area contributed by atoms with Crippen molar-refractivity contribution < 1.29 is 43.8 Å². The second kappa shape index (κ2) is 20.9. The summed E-state index contributed by atoms with van der Waals surface area (Å²) in [4.78, 5) is 97.4. The molecule has 18 nitrogen and oxygen atoms in total. The third-order valence-corrected chi connectivity index (χ3v) is 9.40. The molecular formula is C38H61N9O9. The number of unbranched alkanes of at least 4 members (excludes halogenated alkanes) is 1. The van der Waals surface area contributed by atoms with Gasteiger partial charge in [-0.15, -0.1) is 0 Å². The predicted molar refractivity (Wildman–Crippen MR) is 206 cm³/mol. The molecule has 56 heavy (non-hydrogen) atoms. The van der Waals surface area contributed by atoms with Crippen molar-refractivity contribution in [1.82, 2.24) is 42.1 Å². The number of phenols is 1. The summed E-state index contributed by atoms with van der Waals surface area (Å²) in [5.74, 6) is -4.39. The van der Waals surface area contributed by atoms with Crippen molar-refractivity contribution in [1.29, 1.82) is 0 Å². The maximum Gasteiger partial charge on any atom is 0.322 e. The molecule has 3 rings (SSSR count). The molecule has 0 bridgehead atoms. The van der Waals surface area contributed by atoms with Crippen molar-refractivity contribution in [3.63, 3.8) is 0 Å². The monoisotopic (exact) mass is 787 g/mol. The van der Waals surface area contributed by atoms with Gasteiger partial charge < -0.3 is 47.8 Å². The van der Waals surface area contributed by atoms with Gasteiger partial charge in [0.2, 0.25) is 23.6 Å². The minimum Gasteiger partial charge on any atom is -0.508 e. The van der Waals surface area contributed by atoms with Crippen LogP contribution < -0.4 is 43.0 Å². The van der Waals surface area contributed by atoms with E-state index in [0.29, 0.717) is 37.8 Å². The fraction of sp³-hybridized carbons (Fsp3) is 0.658. The Morgan fingerprint density at radius 3 is 2.18 bits per heavy atom. The van der Waals surface area contributed by atoms with E-state index in [1.54, 1.807) is 32.9 Å². The lowest BCUT2D eigenvalue weighted by molar-refractivity contribution is -0.140. The number of aliphatic hydroxyl groups is 1. The number of hydrogen-bond acceptors (Lipinski definition) is 11. The van der Waals surface area contributed by atoms with Crippen LogP contribution in [0.3, 0.4) is 0 Å². The number of carbonyl (C=O) groups is 7. The summed E-state index contributed by atoms with van der Waals surface area (Å²) in [6, 6.07) is -0.758. The zero-order valence-electron chi connectivity index (χ0n) is 33.3. The van der Waals surface area contributed by atoms with Gasteiger partial charge in [-0.3, -0.25) is 39.0 Å². The fourth-order valence-corrected chi connectivity index (χ4v) is 6.71. The van der Waals surface area contributed by atoms with Crippen LogP contribution in [0.25, 0.3) is 0 Å². The van der Waals surface area contributed by atoms with Crippen LogP contribution in [-0.4, -0.2) is 118 Å². The van der Waals surface area contributed by atoms with E-state index < -0.39 is 89.5 Å². The largest absolute Gasteiger partial charge is 0.508 e. The lowest BCUT2D eigenvalue weighted by Crippen LogP contribution is -2.66. The van der Waals surface area contributed by atoms with Gasteiger partial charge in [0.15, 0.2) is 6.17 Å². The Labute approximate surface area is 328 Å². The Bertz CT molecular complexity index is 1550. The van der Waals surface area contributed by atoms with E-state index in [4.69, 9.17) is 5.73 Å². The van der Waals surface area contributed by atoms with Crippen LogP contribution in [0.15, 0.2) is 24.3 Å². The molecule has 2 saturated heterocycles. The van der Waals surface area contributed by atoms with Gasteiger partial charge in [0, 0.05) is 31.0 Å². The average molecular weight is 788 g/mol. The van der Waals surface area contributed by atoms with Crippen molar-refractivity contribution in [2.75, 3.05) is 13.1 Å². The average Bonchev–Trinajstić information content (AvgIpc) is 3.58. The van der Waals surface area contributed by atoms with Crippen molar-refractivity contribution in [3.05, 3.63) is 29.8 Å². The van der Waals surface area contributed by atoms with Gasteiger partial charge in [0.1, 0.15) is 23.9 Å². The van der Waals surface area contributed by atoms with Crippen LogP contribution in [0, 0.1) is 5.92 Å². The maximum atomic E-state index is 14.2. The normalized spacial score (nSPS) is 25.8. The number of aliphatic hydroxyl groups excluding tert-OH is 1. The number of amides is 8. The van der Waals surface area contributed by atoms with Gasteiger partial charge in [-0.05, 0) is 90.0 Å². The highest BCUT2D eigenvalue weighted by Gasteiger charge is 2.43. The minimum atomic E-state index is -1.65. The van der Waals surface area contributed by atoms with E-state index in [0.717, 1.165) is 0 Å². The molecule has 0 radical (unpaired) electrons. The molecule has 2 aliphatic heterocycles. The first-order chi connectivity index (χ1) is 26.3. The SMILES string of the molecule is CC(C)C[C@@H]1NC(=O)C[C@H](CCCCN)NC(=O)[C@H](Cc2ccc(O)cc2)NC(=O)[C@@H]2CCCN2[C@H](C(=O)NC(C)(C)C)NC(=O)[C@@H]([C@@H](C)O)NC(=O)NC1=O. The van der Waals surface area contributed by atoms with Crippen LogP contribution >= 0.6 is 0 Å². The first-order valence-corrected chi connectivity index (χ1v) is 19.3. The molecule has 2 heterocycles. The summed E-state index contributed by atoms with van der Waals surface area (Å²) >= 11 is 0. The van der Waals surface area contributed by atoms with Gasteiger partial charge in [-0.2, -0.15) is 0 Å². The Balaban J connectivity index is 2.11. The topological polar surface area (TPSA) is 273 Å². The lowest BCUT2D eigenvalue weighted by atomic mass is 10.0. The summed E-state index contributed by atoms with van der Waals surface area (Å²) in [5, 5.41) is 38.8. The number of hydrogen-bond donors (Lipinski definition) is 10. The molecule has 11 N–H and O–H groups in total. The third kappa shape index (κ3) is 14.4. The van der Waals surface area contributed by atoms with Crippen LogP contribution in [0.4, 0.5) is 4.79 Å². The third-order valence-electron chi connectivity index (χ3n) is 9.40. The number of nitrogens with zero attached hydrogens (tertiary/aromatic N) is 1. The van der Waals surface area contributed by atoms with E-state index in [1.807, 2.05) is 13.8 Å². The van der Waals surface area contributed by atoms with Crippen LogP contribution in [-0.2, 0) is 35.2 Å². The zero-order valence-corrected chi connectivity index (χ0v) is 33.3. The van der Waals surface area contributed by atoms with Crippen molar-refractivity contribution in [2.24, 2.45) is 11.7 Å². The summed E-state index contributed by atoms with van der Waals surface area (Å²) < 4.78 is 0. The van der Waals surface area contributed by atoms with Gasteiger partial charge in [-0.1, -0.05) is 32.4 Å². The highest BCUT2D eigenvalue weighted by molar-refractivity contribution is 6.00. The predicted octanol–water partition coefficient (Wildman–Crippen LogP) is -0.635. The number of fused-ring (bicyclic) bond motifs is 1. The molecule has 8 amide bonds. The number of imide groups is 1. The fourth-order valence-electron chi connectivity index (χ4n) is 6.71. The highest BCUT2D eigenvalue weighted by atomic mass is 16.3. The first kappa shape index (κ1) is 45.6. The van der Waals surface area contributed by atoms with Crippen molar-refractivity contribution >= 4 is 41.5 Å². The standard InChI is InChI=1S/C38H61N9O9/c1-21(2)18-26-33(52)45-37(56)43-30(22(3)48)35(54)44-31(36(55)46-38(4,5)6)47-17-9-11-28(47)34(53)42-27(19-23-12-14-25(49)15-13-23)32(51)40-24(10-7-8-16-39)20-29(50)41-26/h12-15,21-22,24,26-28,30-31,48-49H,7-11,16-20,39H2,1-6H3,(H,40,51)(H,41,50)(H,42,53)(H,44,54)(H,46,55)(H2,43,45,52,56)/t22-,24+,26+,27+,28+,30-,31-/m1/s1. The number of urea groups is 1. The molecule has 2 aliphatic rings. The highest BCUT2D eigenvalue weighted by Crippen LogP contribution is 2.22. The number of nitrogens with two attached hydrogens (primary N) is 1. The lowest BCUT2D eigenvalue weighted by Gasteiger charge is -2.35. The Hall–Kier alpha value is -4.81. The number of carbonyl (C=O) groups excluding carboxylic acids is 7. The molecule has 312 valence electrons. The van der Waals surface area contributed by atoms with Crippen LogP contribution in [0.2, 0.25) is 0 Å². The van der Waals surface area contributed by atoms with Crippen LogP contribution in [0.1, 0.15) is 92.1 Å². The first-order valence-electron chi connectivity index (χ1n) is 19.3. The number of benzene rings is 1. The van der Waals surface area contributed by atoms with E-state index in [2.05, 4.69) is 37.2 Å². The molecular weight excluding hydrogens is 726 g/mol. The van der Waals surface area contributed by atoms with E-state index in [9.17, 15) is 43.8 Å². The smallest absolute Gasteiger partial charge is 0.322 e. The van der Waals surface area contributed by atoms with Gasteiger partial charge >= 0.3 is 6.03 Å². The summed E-state index contributed by atoms with van der Waals surface area (Å²) in [6.45, 7) is 10.7. The quantitative estimate of drug-likeness (QED) is 0.133. The maximum absolute atomic E-state index is 14.2. The molecule has 0 unspecified atom stereocenters. The van der Waals surface area contributed by atoms with Gasteiger partial charge in [0.25, 0.3) is 11.8 Å². The summed E-state index contributed by atoms with van der Waals surface area (Å²) in [5.41, 5.74) is 5.58. The number of nitrogens with one attached hydrogen (secondary N) is 7. The second-order valence-electron chi connectivity index (χ2n) is 16.1. The Morgan fingerprint density at radius 1 is 0.893 bits per heavy atom. The molecule has 0 aromatic heterocycles. The Morgan fingerprint density at radius 2 is 1.57 bits per heavy atom. The van der Waals surface area contributed by atoms with Crippen molar-refractivity contribution in [2.45, 2.75) is 141 Å².